The van der Waals surface area contributed by atoms with Gasteiger partial charge in [-0.2, -0.15) is 9.61 Å². The summed E-state index contributed by atoms with van der Waals surface area (Å²) in [4.78, 5) is 0.215. The molecule has 0 radical (unpaired) electrons. The number of aromatic nitrogens is 4. The van der Waals surface area contributed by atoms with Crippen LogP contribution in [0.4, 0.5) is 5.69 Å². The fraction of sp³-hybridized carbons (Fsp3) is 0. The number of anilines is 1. The van der Waals surface area contributed by atoms with Gasteiger partial charge in [-0.05, 0) is 71.1 Å². The number of rotatable bonds is 4. The molecule has 2 aromatic carbocycles. The Morgan fingerprint density at radius 2 is 1.81 bits per heavy atom. The van der Waals surface area contributed by atoms with Crippen LogP contribution in [0.15, 0.2) is 71.9 Å². The van der Waals surface area contributed by atoms with E-state index in [2.05, 4.69) is 42.6 Å². The molecule has 0 bridgehead atoms. The van der Waals surface area contributed by atoms with Gasteiger partial charge in [-0.1, -0.05) is 12.1 Å². The average Bonchev–Trinajstić information content (AvgIpc) is 3.09. The third-order valence-corrected chi connectivity index (χ3v) is 5.81. The first kappa shape index (κ1) is 16.9. The maximum Gasteiger partial charge on any atom is 0.261 e. The lowest BCUT2D eigenvalue weighted by atomic mass is 10.1. The van der Waals surface area contributed by atoms with E-state index in [-0.39, 0.29) is 4.90 Å². The molecule has 0 saturated carbocycles. The van der Waals surface area contributed by atoms with Gasteiger partial charge in [0.2, 0.25) is 0 Å². The molecular weight excluding hydrogens is 465 g/mol. The fourth-order valence-corrected chi connectivity index (χ4v) is 3.86. The molecule has 1 N–H and O–H groups in total. The van der Waals surface area contributed by atoms with E-state index in [1.807, 2.05) is 12.1 Å². The first-order chi connectivity index (χ1) is 12.5. The van der Waals surface area contributed by atoms with Gasteiger partial charge < -0.3 is 0 Å². The van der Waals surface area contributed by atoms with Crippen LogP contribution in [-0.2, 0) is 10.0 Å². The van der Waals surface area contributed by atoms with Crippen molar-refractivity contribution in [3.8, 4) is 11.3 Å². The zero-order valence-electron chi connectivity index (χ0n) is 13.2. The van der Waals surface area contributed by atoms with Crippen molar-refractivity contribution in [2.24, 2.45) is 0 Å². The zero-order valence-corrected chi connectivity index (χ0v) is 16.2. The number of hydrogen-bond acceptors (Lipinski definition) is 5. The molecule has 26 heavy (non-hydrogen) atoms. The summed E-state index contributed by atoms with van der Waals surface area (Å²) in [6.45, 7) is 0. The predicted molar refractivity (Wildman–Crippen MR) is 106 cm³/mol. The molecule has 4 aromatic rings. The van der Waals surface area contributed by atoms with Gasteiger partial charge in [0.05, 0.1) is 10.6 Å². The molecule has 7 nitrogen and oxygen atoms in total. The quantitative estimate of drug-likeness (QED) is 0.456. The zero-order chi connectivity index (χ0) is 18.1. The van der Waals surface area contributed by atoms with Crippen LogP contribution >= 0.6 is 22.6 Å². The fourth-order valence-electron chi connectivity index (χ4n) is 2.45. The van der Waals surface area contributed by atoms with Crippen molar-refractivity contribution in [3.05, 3.63) is 70.6 Å². The van der Waals surface area contributed by atoms with Crippen molar-refractivity contribution in [1.82, 2.24) is 19.8 Å². The van der Waals surface area contributed by atoms with Crippen molar-refractivity contribution in [3.63, 3.8) is 0 Å². The van der Waals surface area contributed by atoms with Gasteiger partial charge >= 0.3 is 0 Å². The second-order valence-corrected chi connectivity index (χ2v) is 8.42. The molecule has 0 spiro atoms. The maximum atomic E-state index is 12.6. The number of sulfonamides is 1. The van der Waals surface area contributed by atoms with Crippen molar-refractivity contribution < 1.29 is 8.42 Å². The van der Waals surface area contributed by atoms with Gasteiger partial charge in [0.1, 0.15) is 6.33 Å². The van der Waals surface area contributed by atoms with Crippen LogP contribution in [0.2, 0.25) is 0 Å². The van der Waals surface area contributed by atoms with Crippen LogP contribution in [-0.4, -0.2) is 28.2 Å². The molecule has 130 valence electrons. The summed E-state index contributed by atoms with van der Waals surface area (Å²) in [5.74, 6) is 0. The Kier molecular flexibility index (Phi) is 4.32. The molecule has 0 aliphatic carbocycles. The smallest absolute Gasteiger partial charge is 0.261 e. The number of nitrogens with zero attached hydrogens (tertiary/aromatic N) is 4. The van der Waals surface area contributed by atoms with E-state index >= 15 is 0 Å². The van der Waals surface area contributed by atoms with Gasteiger partial charge in [-0.15, -0.1) is 10.2 Å². The van der Waals surface area contributed by atoms with Gasteiger partial charge in [-0.25, -0.2) is 8.42 Å². The second-order valence-electron chi connectivity index (χ2n) is 5.49. The van der Waals surface area contributed by atoms with Crippen LogP contribution in [0.1, 0.15) is 0 Å². The monoisotopic (exact) mass is 477 g/mol. The standard InChI is InChI=1S/C17H12IN5O2S/c18-13-4-6-15(7-5-13)26(24,25)22-14-3-1-2-12(10-14)16-8-9-17-20-19-11-23(17)21-16/h1-11,22H. The van der Waals surface area contributed by atoms with Gasteiger partial charge in [0.25, 0.3) is 10.0 Å². The van der Waals surface area contributed by atoms with Crippen LogP contribution in [0.5, 0.6) is 0 Å². The highest BCUT2D eigenvalue weighted by molar-refractivity contribution is 14.1. The normalized spacial score (nSPS) is 11.6. The van der Waals surface area contributed by atoms with Gasteiger partial charge in [0.15, 0.2) is 5.65 Å². The molecule has 9 heteroatoms. The van der Waals surface area contributed by atoms with Crippen molar-refractivity contribution in [1.29, 1.82) is 0 Å². The van der Waals surface area contributed by atoms with E-state index in [0.29, 0.717) is 17.0 Å². The molecule has 0 saturated heterocycles. The summed E-state index contributed by atoms with van der Waals surface area (Å²) >= 11 is 2.13. The first-order valence-electron chi connectivity index (χ1n) is 7.57. The summed E-state index contributed by atoms with van der Waals surface area (Å²) in [5.41, 5.74) is 2.58. The Morgan fingerprint density at radius 1 is 1.00 bits per heavy atom. The van der Waals surface area contributed by atoms with Crippen LogP contribution in [0.3, 0.4) is 0 Å². The van der Waals surface area contributed by atoms with Crippen molar-refractivity contribution in [2.75, 3.05) is 4.72 Å². The third kappa shape index (κ3) is 3.40. The summed E-state index contributed by atoms with van der Waals surface area (Å²) in [6.07, 6.45) is 1.52. The highest BCUT2D eigenvalue weighted by atomic mass is 127. The van der Waals surface area contributed by atoms with Crippen LogP contribution < -0.4 is 4.72 Å². The molecule has 4 rings (SSSR count). The Morgan fingerprint density at radius 3 is 2.62 bits per heavy atom. The Labute approximate surface area is 163 Å². The number of benzene rings is 2. The molecule has 0 aliphatic rings. The Bertz CT molecular complexity index is 1190. The number of nitrogens with one attached hydrogen (secondary N) is 1. The Hall–Kier alpha value is -2.53. The largest absolute Gasteiger partial charge is 0.280 e. The topological polar surface area (TPSA) is 89.2 Å². The lowest BCUT2D eigenvalue weighted by Gasteiger charge is -2.10. The highest BCUT2D eigenvalue weighted by Crippen LogP contribution is 2.23. The molecule has 2 aromatic heterocycles. The number of fused-ring (bicyclic) bond motifs is 1. The van der Waals surface area contributed by atoms with Crippen molar-refractivity contribution >= 4 is 43.9 Å². The first-order valence-corrected chi connectivity index (χ1v) is 10.1. The van der Waals surface area contributed by atoms with E-state index in [4.69, 9.17) is 0 Å². The summed E-state index contributed by atoms with van der Waals surface area (Å²) < 4.78 is 30.2. The van der Waals surface area contributed by atoms with Crippen LogP contribution in [0, 0.1) is 3.57 Å². The van der Waals surface area contributed by atoms with E-state index in [0.717, 1.165) is 9.13 Å². The number of halogens is 1. The maximum absolute atomic E-state index is 12.6. The summed E-state index contributed by atoms with van der Waals surface area (Å²) in [6, 6.07) is 17.4. The lowest BCUT2D eigenvalue weighted by molar-refractivity contribution is 0.601. The van der Waals surface area contributed by atoms with Gasteiger partial charge in [-0.3, -0.25) is 4.72 Å². The van der Waals surface area contributed by atoms with Crippen molar-refractivity contribution in [2.45, 2.75) is 4.90 Å². The summed E-state index contributed by atoms with van der Waals surface area (Å²) in [7, 11) is -3.65. The Balaban J connectivity index is 1.66. The lowest BCUT2D eigenvalue weighted by Crippen LogP contribution is -2.12. The van der Waals surface area contributed by atoms with Gasteiger partial charge in [0, 0.05) is 14.8 Å². The van der Waals surface area contributed by atoms with E-state index in [1.54, 1.807) is 53.0 Å². The average molecular weight is 477 g/mol. The predicted octanol–water partition coefficient (Wildman–Crippen LogP) is 3.20. The third-order valence-electron chi connectivity index (χ3n) is 3.70. The SMILES string of the molecule is O=S(=O)(Nc1cccc(-c2ccc3nncn3n2)c1)c1ccc(I)cc1. The van der Waals surface area contributed by atoms with Crippen LogP contribution in [0.25, 0.3) is 16.9 Å². The van der Waals surface area contributed by atoms with E-state index in [9.17, 15) is 8.42 Å². The van der Waals surface area contributed by atoms with E-state index in [1.165, 1.54) is 6.33 Å². The minimum atomic E-state index is -3.65. The molecular formula is C17H12IN5O2S. The molecule has 0 fully saturated rings. The summed E-state index contributed by atoms with van der Waals surface area (Å²) in [5, 5.41) is 12.1. The number of hydrogen-bond donors (Lipinski definition) is 1. The minimum Gasteiger partial charge on any atom is -0.280 e. The molecule has 0 atom stereocenters. The minimum absolute atomic E-state index is 0.215. The highest BCUT2D eigenvalue weighted by Gasteiger charge is 2.14. The molecule has 0 amide bonds. The second kappa shape index (κ2) is 6.65. The molecule has 0 unspecified atom stereocenters. The molecule has 2 heterocycles. The van der Waals surface area contributed by atoms with E-state index < -0.39 is 10.0 Å². The molecule has 0 aliphatic heterocycles.